The molecule has 1 aliphatic heterocycles. The molecule has 1 aliphatic rings. The van der Waals surface area contributed by atoms with Gasteiger partial charge in [-0.05, 0) is 62.4 Å². The van der Waals surface area contributed by atoms with Gasteiger partial charge in [0, 0.05) is 11.6 Å². The van der Waals surface area contributed by atoms with Crippen LogP contribution in [0, 0.1) is 5.82 Å². The van der Waals surface area contributed by atoms with Crippen molar-refractivity contribution in [3.05, 3.63) is 63.3 Å². The number of rotatable bonds is 7. The maximum Gasteiger partial charge on any atom is 0.293 e. The number of carbonyl (C=O) groups excluding carboxylic acids is 2. The van der Waals surface area contributed by atoms with E-state index >= 15 is 0 Å². The monoisotopic (exact) mass is 449 g/mol. The maximum atomic E-state index is 13.9. The third-order valence-corrected chi connectivity index (χ3v) is 5.46. The van der Waals surface area contributed by atoms with E-state index in [0.717, 1.165) is 11.8 Å². The number of halogens is 2. The van der Waals surface area contributed by atoms with Gasteiger partial charge in [0.05, 0.1) is 16.5 Å². The van der Waals surface area contributed by atoms with E-state index in [0.29, 0.717) is 28.4 Å². The van der Waals surface area contributed by atoms with Crippen LogP contribution in [0.3, 0.4) is 0 Å². The Morgan fingerprint density at radius 1 is 1.20 bits per heavy atom. The molecule has 2 aromatic rings. The minimum absolute atomic E-state index is 0.0148. The number of nitrogens with zero attached hydrogens (tertiary/aromatic N) is 1. The molecule has 1 saturated heterocycles. The lowest BCUT2D eigenvalue weighted by molar-refractivity contribution is -0.123. The predicted octanol–water partition coefficient (Wildman–Crippen LogP) is 5.90. The Hall–Kier alpha value is -2.51. The van der Waals surface area contributed by atoms with Gasteiger partial charge in [-0.2, -0.15) is 0 Å². The fourth-order valence-corrected chi connectivity index (χ4v) is 4.15. The van der Waals surface area contributed by atoms with E-state index in [1.807, 2.05) is 6.92 Å². The number of hydrogen-bond donors (Lipinski definition) is 0. The topological polar surface area (TPSA) is 55.8 Å². The number of ether oxygens (including phenoxy) is 2. The van der Waals surface area contributed by atoms with E-state index in [-0.39, 0.29) is 40.4 Å². The van der Waals surface area contributed by atoms with Crippen molar-refractivity contribution >= 4 is 40.6 Å². The third-order valence-electron chi connectivity index (χ3n) is 4.30. The van der Waals surface area contributed by atoms with Crippen molar-refractivity contribution in [1.29, 1.82) is 0 Å². The second-order valence-electron chi connectivity index (χ2n) is 6.79. The molecular formula is C22H21ClFNO4S. The lowest BCUT2D eigenvalue weighted by atomic mass is 10.1. The Morgan fingerprint density at radius 3 is 2.57 bits per heavy atom. The summed E-state index contributed by atoms with van der Waals surface area (Å²) in [5.41, 5.74) is 0.985. The number of hydrogen-bond acceptors (Lipinski definition) is 5. The van der Waals surface area contributed by atoms with Gasteiger partial charge < -0.3 is 9.47 Å². The summed E-state index contributed by atoms with van der Waals surface area (Å²) < 4.78 is 25.3. The minimum atomic E-state index is -0.371. The highest BCUT2D eigenvalue weighted by atomic mass is 35.5. The molecule has 158 valence electrons. The summed E-state index contributed by atoms with van der Waals surface area (Å²) in [6.07, 6.45) is 1.60. The molecule has 0 unspecified atom stereocenters. The van der Waals surface area contributed by atoms with Gasteiger partial charge >= 0.3 is 0 Å². The van der Waals surface area contributed by atoms with Gasteiger partial charge in [0.2, 0.25) is 0 Å². The van der Waals surface area contributed by atoms with E-state index in [4.69, 9.17) is 21.1 Å². The van der Waals surface area contributed by atoms with Gasteiger partial charge in [-0.3, -0.25) is 14.5 Å². The highest BCUT2D eigenvalue weighted by Crippen LogP contribution is 2.40. The quantitative estimate of drug-likeness (QED) is 0.492. The van der Waals surface area contributed by atoms with E-state index < -0.39 is 0 Å². The molecule has 3 rings (SSSR count). The summed E-state index contributed by atoms with van der Waals surface area (Å²) in [7, 11) is 0. The molecule has 0 bridgehead atoms. The van der Waals surface area contributed by atoms with Crippen LogP contribution in [0.4, 0.5) is 9.18 Å². The van der Waals surface area contributed by atoms with Crippen LogP contribution in [-0.2, 0) is 11.4 Å². The van der Waals surface area contributed by atoms with Crippen molar-refractivity contribution in [3.8, 4) is 11.5 Å². The van der Waals surface area contributed by atoms with Gasteiger partial charge in [0.25, 0.3) is 11.1 Å². The number of carbonyl (C=O) groups is 2. The number of benzene rings is 2. The Kier molecular flexibility index (Phi) is 7.05. The van der Waals surface area contributed by atoms with E-state index in [1.165, 1.54) is 11.0 Å². The van der Waals surface area contributed by atoms with Crippen LogP contribution < -0.4 is 9.47 Å². The summed E-state index contributed by atoms with van der Waals surface area (Å²) in [5, 5.41) is -0.0474. The molecule has 0 radical (unpaired) electrons. The van der Waals surface area contributed by atoms with Crippen LogP contribution in [0.1, 0.15) is 31.9 Å². The first-order chi connectivity index (χ1) is 14.3. The zero-order valence-electron chi connectivity index (χ0n) is 16.8. The zero-order chi connectivity index (χ0) is 21.8. The lowest BCUT2D eigenvalue weighted by Crippen LogP contribution is -2.34. The molecule has 8 heteroatoms. The van der Waals surface area contributed by atoms with Gasteiger partial charge in [0.1, 0.15) is 12.4 Å². The van der Waals surface area contributed by atoms with Crippen LogP contribution in [0.25, 0.3) is 6.08 Å². The number of amides is 2. The molecular weight excluding hydrogens is 429 g/mol. The molecule has 0 spiro atoms. The highest BCUT2D eigenvalue weighted by molar-refractivity contribution is 8.18. The third kappa shape index (κ3) is 4.79. The summed E-state index contributed by atoms with van der Waals surface area (Å²) in [6, 6.07) is 9.38. The second-order valence-corrected chi connectivity index (χ2v) is 8.19. The van der Waals surface area contributed by atoms with E-state index in [2.05, 4.69) is 0 Å². The molecule has 5 nitrogen and oxygen atoms in total. The standard InChI is InChI=1S/C22H21ClFNO4S/c1-4-28-18-10-14(11-19-21(26)25(13(2)3)22(27)30-19)9-16(23)20(18)29-12-15-7-5-6-8-17(15)24/h5-11,13H,4,12H2,1-3H3/b19-11-. The summed E-state index contributed by atoms with van der Waals surface area (Å²) in [6.45, 7) is 5.73. The van der Waals surface area contributed by atoms with Gasteiger partial charge in [-0.15, -0.1) is 0 Å². The average Bonchev–Trinajstić information content (AvgIpc) is 2.96. The summed E-state index contributed by atoms with van der Waals surface area (Å²) >= 11 is 7.29. The van der Waals surface area contributed by atoms with Crippen LogP contribution in [0.15, 0.2) is 41.3 Å². The molecule has 0 aliphatic carbocycles. The van der Waals surface area contributed by atoms with Gasteiger partial charge in [-0.1, -0.05) is 29.8 Å². The van der Waals surface area contributed by atoms with E-state index in [1.54, 1.807) is 50.3 Å². The van der Waals surface area contributed by atoms with Crippen molar-refractivity contribution in [2.75, 3.05) is 6.61 Å². The van der Waals surface area contributed by atoms with Gasteiger partial charge in [-0.25, -0.2) is 4.39 Å². The fraction of sp³-hybridized carbons (Fsp3) is 0.273. The summed E-state index contributed by atoms with van der Waals surface area (Å²) in [5.74, 6) is -0.0528. The molecule has 1 heterocycles. The highest BCUT2D eigenvalue weighted by Gasteiger charge is 2.36. The largest absolute Gasteiger partial charge is 0.490 e. The molecule has 0 atom stereocenters. The van der Waals surface area contributed by atoms with Crippen molar-refractivity contribution in [1.82, 2.24) is 4.90 Å². The first kappa shape index (κ1) is 22.2. The van der Waals surface area contributed by atoms with Crippen LogP contribution >= 0.6 is 23.4 Å². The van der Waals surface area contributed by atoms with Crippen LogP contribution in [-0.4, -0.2) is 28.7 Å². The molecule has 0 saturated carbocycles. The van der Waals surface area contributed by atoms with Crippen LogP contribution in [0.5, 0.6) is 11.5 Å². The predicted molar refractivity (Wildman–Crippen MR) is 116 cm³/mol. The Morgan fingerprint density at radius 2 is 1.93 bits per heavy atom. The maximum absolute atomic E-state index is 13.9. The first-order valence-electron chi connectivity index (χ1n) is 9.41. The van der Waals surface area contributed by atoms with Crippen molar-refractivity contribution in [3.63, 3.8) is 0 Å². The van der Waals surface area contributed by atoms with E-state index in [9.17, 15) is 14.0 Å². The minimum Gasteiger partial charge on any atom is -0.490 e. The van der Waals surface area contributed by atoms with Crippen molar-refractivity contribution in [2.45, 2.75) is 33.4 Å². The first-order valence-corrected chi connectivity index (χ1v) is 10.6. The molecule has 2 aromatic carbocycles. The zero-order valence-corrected chi connectivity index (χ0v) is 18.3. The van der Waals surface area contributed by atoms with Crippen LogP contribution in [0.2, 0.25) is 5.02 Å². The SMILES string of the molecule is CCOc1cc(/C=C2\SC(=O)N(C(C)C)C2=O)cc(Cl)c1OCc1ccccc1F. The Bertz CT molecular complexity index is 1010. The normalized spacial score (nSPS) is 15.4. The Balaban J connectivity index is 1.89. The summed E-state index contributed by atoms with van der Waals surface area (Å²) in [4.78, 5) is 26.1. The van der Waals surface area contributed by atoms with Gasteiger partial charge in [0.15, 0.2) is 11.5 Å². The molecule has 30 heavy (non-hydrogen) atoms. The fourth-order valence-electron chi connectivity index (χ4n) is 2.92. The second kappa shape index (κ2) is 9.53. The average molecular weight is 450 g/mol. The molecule has 0 aromatic heterocycles. The molecule has 2 amide bonds. The Labute approximate surface area is 183 Å². The lowest BCUT2D eigenvalue weighted by Gasteiger charge is -2.16. The smallest absolute Gasteiger partial charge is 0.293 e. The number of imide groups is 1. The molecule has 1 fully saturated rings. The van der Waals surface area contributed by atoms with Crippen molar-refractivity contribution in [2.24, 2.45) is 0 Å². The molecule has 0 N–H and O–H groups in total. The van der Waals surface area contributed by atoms with Crippen molar-refractivity contribution < 1.29 is 23.5 Å². The number of thioether (sulfide) groups is 1.